The number of hydrogen-bond acceptors (Lipinski definition) is 4. The first kappa shape index (κ1) is 18.0. The minimum Gasteiger partial charge on any atom is -0.395 e. The van der Waals surface area contributed by atoms with Crippen molar-refractivity contribution < 1.29 is 18.1 Å². The lowest BCUT2D eigenvalue weighted by molar-refractivity contribution is 0.293. The topological polar surface area (TPSA) is 86.6 Å². The van der Waals surface area contributed by atoms with Gasteiger partial charge in [0, 0.05) is 6.54 Å². The Balaban J connectivity index is 0.000000459. The zero-order valence-corrected chi connectivity index (χ0v) is 12.4. The molecule has 1 aromatic rings. The van der Waals surface area contributed by atoms with E-state index in [0.29, 0.717) is 5.56 Å². The van der Waals surface area contributed by atoms with Crippen LogP contribution in [-0.2, 0) is 10.1 Å². The third-order valence-electron chi connectivity index (χ3n) is 2.36. The van der Waals surface area contributed by atoms with Crippen LogP contribution in [-0.4, -0.2) is 37.8 Å². The molecule has 3 N–H and O–H groups in total. The van der Waals surface area contributed by atoms with E-state index in [2.05, 4.69) is 5.32 Å². The number of aliphatic hydroxyl groups is 1. The zero-order valence-electron chi connectivity index (χ0n) is 11.6. The van der Waals surface area contributed by atoms with Gasteiger partial charge in [-0.1, -0.05) is 39.0 Å². The molecule has 0 fully saturated rings. The molecule has 0 aromatic heterocycles. The van der Waals surface area contributed by atoms with E-state index in [0.717, 1.165) is 13.1 Å². The van der Waals surface area contributed by atoms with Gasteiger partial charge in [-0.25, -0.2) is 0 Å². The highest BCUT2D eigenvalue weighted by molar-refractivity contribution is 7.85. The number of hydrogen-bond donors (Lipinski definition) is 3. The van der Waals surface area contributed by atoms with Crippen LogP contribution in [0.1, 0.15) is 32.3 Å². The Morgan fingerprint density at radius 2 is 1.84 bits per heavy atom. The molecule has 0 radical (unpaired) electrons. The molecule has 0 aliphatic carbocycles. The highest BCUT2D eigenvalue weighted by Gasteiger charge is 2.15. The first-order valence-corrected chi connectivity index (χ1v) is 7.66. The largest absolute Gasteiger partial charge is 0.395 e. The van der Waals surface area contributed by atoms with Crippen LogP contribution in [0.2, 0.25) is 0 Å². The molecule has 0 atom stereocenters. The lowest BCUT2D eigenvalue weighted by Gasteiger charge is -2.09. The maximum absolute atomic E-state index is 10.9. The van der Waals surface area contributed by atoms with E-state index < -0.39 is 10.1 Å². The number of benzene rings is 1. The molecule has 5 nitrogen and oxygen atoms in total. The molecule has 0 saturated heterocycles. The van der Waals surface area contributed by atoms with Crippen molar-refractivity contribution in [1.82, 2.24) is 5.32 Å². The van der Waals surface area contributed by atoms with Crippen LogP contribution in [0.4, 0.5) is 0 Å². The summed E-state index contributed by atoms with van der Waals surface area (Å²) in [5, 5.41) is 11.1. The molecule has 0 aliphatic heterocycles. The maximum atomic E-state index is 10.9. The summed E-state index contributed by atoms with van der Waals surface area (Å²) in [5.74, 6) is 0.0816. The van der Waals surface area contributed by atoms with Gasteiger partial charge >= 0.3 is 0 Å². The van der Waals surface area contributed by atoms with Crippen molar-refractivity contribution in [3.8, 4) is 0 Å². The molecule has 1 aromatic carbocycles. The third kappa shape index (κ3) is 7.27. The molecule has 0 unspecified atom stereocenters. The van der Waals surface area contributed by atoms with Crippen molar-refractivity contribution in [2.75, 3.05) is 19.7 Å². The summed E-state index contributed by atoms with van der Waals surface area (Å²) in [4.78, 5) is 0.00463. The molecular weight excluding hydrogens is 266 g/mol. The van der Waals surface area contributed by atoms with Crippen LogP contribution in [0, 0.1) is 0 Å². The Morgan fingerprint density at radius 3 is 2.16 bits per heavy atom. The number of nitrogens with one attached hydrogen (secondary N) is 1. The Morgan fingerprint density at radius 1 is 1.26 bits per heavy atom. The Kier molecular flexibility index (Phi) is 8.58. The smallest absolute Gasteiger partial charge is 0.294 e. The van der Waals surface area contributed by atoms with Gasteiger partial charge in [-0.15, -0.1) is 0 Å². The van der Waals surface area contributed by atoms with Gasteiger partial charge in [0.15, 0.2) is 0 Å². The summed E-state index contributed by atoms with van der Waals surface area (Å²) < 4.78 is 30.7. The van der Waals surface area contributed by atoms with E-state index in [4.69, 9.17) is 9.66 Å². The van der Waals surface area contributed by atoms with Crippen LogP contribution < -0.4 is 5.32 Å². The van der Waals surface area contributed by atoms with Crippen LogP contribution >= 0.6 is 0 Å². The van der Waals surface area contributed by atoms with Gasteiger partial charge in [-0.2, -0.15) is 8.42 Å². The number of rotatable bonds is 5. The molecule has 0 saturated carbocycles. The fraction of sp³-hybridized carbons (Fsp3) is 0.538. The van der Waals surface area contributed by atoms with E-state index >= 15 is 0 Å². The van der Waals surface area contributed by atoms with Crippen molar-refractivity contribution in [2.45, 2.75) is 31.6 Å². The normalized spacial score (nSPS) is 11.1. The summed E-state index contributed by atoms with van der Waals surface area (Å²) in [6.07, 6.45) is 0. The standard InChI is InChI=1S/C9H12O3S.C4H11NO/c1-7(2)8-5-3-4-6-9(8)13(10,11)12;1-2-5-3-4-6/h3-7H,1-2H3,(H,10,11,12);5-6H,2-4H2,1H3. The average molecular weight is 289 g/mol. The SMILES string of the molecule is CC(C)c1ccccc1S(=O)(=O)O.CCNCCO. The van der Waals surface area contributed by atoms with Gasteiger partial charge in [0.05, 0.1) is 11.5 Å². The predicted molar refractivity (Wildman–Crippen MR) is 76.0 cm³/mol. The second-order valence-corrected chi connectivity index (χ2v) is 5.63. The van der Waals surface area contributed by atoms with Crippen molar-refractivity contribution in [3.63, 3.8) is 0 Å². The fourth-order valence-corrected chi connectivity index (χ4v) is 2.30. The summed E-state index contributed by atoms with van der Waals surface area (Å²) in [7, 11) is -4.08. The average Bonchev–Trinajstić information content (AvgIpc) is 2.36. The molecular formula is C13H23NO4S. The molecule has 0 aliphatic rings. The molecule has 0 spiro atoms. The fourth-order valence-electron chi connectivity index (χ4n) is 1.45. The first-order chi connectivity index (χ1) is 8.84. The van der Waals surface area contributed by atoms with E-state index in [1.54, 1.807) is 18.2 Å². The van der Waals surface area contributed by atoms with Gasteiger partial charge < -0.3 is 10.4 Å². The van der Waals surface area contributed by atoms with Crippen LogP contribution in [0.25, 0.3) is 0 Å². The second kappa shape index (κ2) is 9.03. The van der Waals surface area contributed by atoms with Crippen LogP contribution in [0.3, 0.4) is 0 Å². The van der Waals surface area contributed by atoms with Gasteiger partial charge in [0.1, 0.15) is 0 Å². The minimum atomic E-state index is -4.08. The molecule has 6 heteroatoms. The Bertz CT molecular complexity index is 453. The van der Waals surface area contributed by atoms with Crippen molar-refractivity contribution in [3.05, 3.63) is 29.8 Å². The number of likely N-dealkylation sites (N-methyl/N-ethyl adjacent to an activating group) is 1. The second-order valence-electron chi connectivity index (χ2n) is 4.24. The molecule has 0 bridgehead atoms. The van der Waals surface area contributed by atoms with Gasteiger partial charge in [0.2, 0.25) is 0 Å². The third-order valence-corrected chi connectivity index (χ3v) is 3.29. The number of aliphatic hydroxyl groups excluding tert-OH is 1. The van der Waals surface area contributed by atoms with E-state index in [1.807, 2.05) is 20.8 Å². The zero-order chi connectivity index (χ0) is 14.9. The summed E-state index contributed by atoms with van der Waals surface area (Å²) >= 11 is 0. The highest BCUT2D eigenvalue weighted by Crippen LogP contribution is 2.22. The predicted octanol–water partition coefficient (Wildman–Crippen LogP) is 1.64. The minimum absolute atomic E-state index is 0.00463. The van der Waals surface area contributed by atoms with Gasteiger partial charge in [0.25, 0.3) is 10.1 Å². The van der Waals surface area contributed by atoms with Crippen molar-refractivity contribution in [1.29, 1.82) is 0 Å². The summed E-state index contributed by atoms with van der Waals surface area (Å²) in [6, 6.07) is 6.46. The van der Waals surface area contributed by atoms with Crippen LogP contribution in [0.15, 0.2) is 29.2 Å². The lowest BCUT2D eigenvalue weighted by Crippen LogP contribution is -2.16. The lowest BCUT2D eigenvalue weighted by atomic mass is 10.0. The molecule has 1 rings (SSSR count). The quantitative estimate of drug-likeness (QED) is 0.567. The Labute approximate surface area is 115 Å². The van der Waals surface area contributed by atoms with Crippen molar-refractivity contribution in [2.24, 2.45) is 0 Å². The molecule has 0 heterocycles. The maximum Gasteiger partial charge on any atom is 0.294 e. The van der Waals surface area contributed by atoms with Gasteiger partial charge in [-0.05, 0) is 24.1 Å². The first-order valence-electron chi connectivity index (χ1n) is 6.22. The Hall–Kier alpha value is -0.950. The summed E-state index contributed by atoms with van der Waals surface area (Å²) in [6.45, 7) is 7.68. The van der Waals surface area contributed by atoms with Crippen molar-refractivity contribution >= 4 is 10.1 Å². The molecule has 0 amide bonds. The van der Waals surface area contributed by atoms with Gasteiger partial charge in [-0.3, -0.25) is 4.55 Å². The van der Waals surface area contributed by atoms with Crippen LogP contribution in [0.5, 0.6) is 0 Å². The van der Waals surface area contributed by atoms with E-state index in [9.17, 15) is 8.42 Å². The monoisotopic (exact) mass is 289 g/mol. The van der Waals surface area contributed by atoms with E-state index in [-0.39, 0.29) is 17.4 Å². The summed E-state index contributed by atoms with van der Waals surface area (Å²) in [5.41, 5.74) is 0.644. The molecule has 19 heavy (non-hydrogen) atoms. The molecule has 110 valence electrons. The van der Waals surface area contributed by atoms with E-state index in [1.165, 1.54) is 6.07 Å². The highest BCUT2D eigenvalue weighted by atomic mass is 32.2.